The summed E-state index contributed by atoms with van der Waals surface area (Å²) in [6.45, 7) is 0. The first-order valence-corrected chi connectivity index (χ1v) is 6.39. The molecular formula is C11H13N3O4S. The summed E-state index contributed by atoms with van der Waals surface area (Å²) in [4.78, 5) is 32.4. The molecule has 1 aromatic carbocycles. The van der Waals surface area contributed by atoms with E-state index in [2.05, 4.69) is 10.6 Å². The molecule has 0 aliphatic carbocycles. The molecule has 0 radical (unpaired) electrons. The standard InChI is InChI=1S/C11H13N3O4S/c12-11(18)14-8-3-1-2-7(4-8)13-9(15)5-19-6-10(16)17/h1-4H,5-6H2,(H,13,15)(H,16,17)(H3,12,14,18). The van der Waals surface area contributed by atoms with Gasteiger partial charge >= 0.3 is 12.0 Å². The summed E-state index contributed by atoms with van der Waals surface area (Å²) in [5.41, 5.74) is 5.93. The van der Waals surface area contributed by atoms with Crippen LogP contribution in [-0.4, -0.2) is 34.5 Å². The monoisotopic (exact) mass is 283 g/mol. The van der Waals surface area contributed by atoms with Crippen LogP contribution >= 0.6 is 11.8 Å². The van der Waals surface area contributed by atoms with E-state index in [1.165, 1.54) is 0 Å². The van der Waals surface area contributed by atoms with Gasteiger partial charge in [-0.25, -0.2) is 4.79 Å². The lowest BCUT2D eigenvalue weighted by Crippen LogP contribution is -2.19. The lowest BCUT2D eigenvalue weighted by Gasteiger charge is -2.07. The number of carbonyl (C=O) groups is 3. The third-order valence-corrected chi connectivity index (χ3v) is 2.79. The number of hydrogen-bond acceptors (Lipinski definition) is 4. The molecule has 0 heterocycles. The van der Waals surface area contributed by atoms with Crippen molar-refractivity contribution in [3.05, 3.63) is 24.3 Å². The number of benzene rings is 1. The summed E-state index contributed by atoms with van der Waals surface area (Å²) in [6, 6.07) is 5.77. The highest BCUT2D eigenvalue weighted by Crippen LogP contribution is 2.15. The number of anilines is 2. The number of aliphatic carboxylic acids is 1. The zero-order chi connectivity index (χ0) is 14.3. The molecule has 0 aromatic heterocycles. The Morgan fingerprint density at radius 2 is 1.79 bits per heavy atom. The smallest absolute Gasteiger partial charge is 0.316 e. The SMILES string of the molecule is NC(=O)Nc1cccc(NC(=O)CSCC(=O)O)c1. The van der Waals surface area contributed by atoms with Gasteiger partial charge in [-0.1, -0.05) is 6.07 Å². The van der Waals surface area contributed by atoms with E-state index in [0.29, 0.717) is 11.4 Å². The lowest BCUT2D eigenvalue weighted by atomic mass is 10.3. The van der Waals surface area contributed by atoms with E-state index in [-0.39, 0.29) is 17.4 Å². The van der Waals surface area contributed by atoms with Crippen molar-refractivity contribution in [3.8, 4) is 0 Å². The summed E-state index contributed by atoms with van der Waals surface area (Å²) in [6.07, 6.45) is 0. The van der Waals surface area contributed by atoms with Gasteiger partial charge in [0.25, 0.3) is 0 Å². The number of carboxylic acids is 1. The third kappa shape index (κ3) is 6.32. The maximum absolute atomic E-state index is 11.5. The first-order chi connectivity index (χ1) is 8.97. The maximum Gasteiger partial charge on any atom is 0.316 e. The largest absolute Gasteiger partial charge is 0.481 e. The van der Waals surface area contributed by atoms with Gasteiger partial charge in [0.15, 0.2) is 0 Å². The molecule has 1 rings (SSSR count). The van der Waals surface area contributed by atoms with Crippen molar-refractivity contribution in [2.75, 3.05) is 22.1 Å². The Labute approximate surface area is 113 Å². The van der Waals surface area contributed by atoms with Crippen molar-refractivity contribution >= 4 is 41.0 Å². The van der Waals surface area contributed by atoms with Crippen LogP contribution < -0.4 is 16.4 Å². The number of nitrogens with two attached hydrogens (primary N) is 1. The molecule has 19 heavy (non-hydrogen) atoms. The number of hydrogen-bond donors (Lipinski definition) is 4. The second kappa shape index (κ2) is 7.27. The highest BCUT2D eigenvalue weighted by atomic mass is 32.2. The Balaban J connectivity index is 2.49. The predicted molar refractivity (Wildman–Crippen MR) is 73.2 cm³/mol. The van der Waals surface area contributed by atoms with Crippen molar-refractivity contribution in [2.24, 2.45) is 5.73 Å². The molecule has 0 saturated carbocycles. The van der Waals surface area contributed by atoms with Crippen LogP contribution in [-0.2, 0) is 9.59 Å². The molecular weight excluding hydrogens is 270 g/mol. The van der Waals surface area contributed by atoms with Gasteiger partial charge in [-0.15, -0.1) is 11.8 Å². The van der Waals surface area contributed by atoms with Crippen LogP contribution in [0.15, 0.2) is 24.3 Å². The molecule has 0 unspecified atom stereocenters. The summed E-state index contributed by atoms with van der Waals surface area (Å²) in [5.74, 6) is -1.37. The van der Waals surface area contributed by atoms with E-state index in [0.717, 1.165) is 11.8 Å². The fourth-order valence-electron chi connectivity index (χ4n) is 1.25. The zero-order valence-electron chi connectivity index (χ0n) is 9.88. The second-order valence-corrected chi connectivity index (χ2v) is 4.49. The minimum atomic E-state index is -0.967. The van der Waals surface area contributed by atoms with E-state index in [1.807, 2.05) is 0 Å². The van der Waals surface area contributed by atoms with Crippen LogP contribution in [0.5, 0.6) is 0 Å². The number of nitrogens with one attached hydrogen (secondary N) is 2. The van der Waals surface area contributed by atoms with Crippen LogP contribution in [0.1, 0.15) is 0 Å². The molecule has 0 spiro atoms. The van der Waals surface area contributed by atoms with Crippen LogP contribution in [0, 0.1) is 0 Å². The fourth-order valence-corrected chi connectivity index (χ4v) is 1.78. The number of thioether (sulfide) groups is 1. The Morgan fingerprint density at radius 3 is 2.37 bits per heavy atom. The molecule has 1 aromatic rings. The average Bonchev–Trinajstić information content (AvgIpc) is 2.27. The fraction of sp³-hybridized carbons (Fsp3) is 0.182. The molecule has 7 nitrogen and oxygen atoms in total. The summed E-state index contributed by atoms with van der Waals surface area (Å²) in [7, 11) is 0. The topological polar surface area (TPSA) is 122 Å². The van der Waals surface area contributed by atoms with Gasteiger partial charge in [0.1, 0.15) is 0 Å². The molecule has 0 saturated heterocycles. The first-order valence-electron chi connectivity index (χ1n) is 5.23. The predicted octanol–water partition coefficient (Wildman–Crippen LogP) is 0.933. The molecule has 8 heteroatoms. The Bertz CT molecular complexity index is 493. The molecule has 5 N–H and O–H groups in total. The zero-order valence-corrected chi connectivity index (χ0v) is 10.7. The number of carbonyl (C=O) groups excluding carboxylic acids is 2. The summed E-state index contributed by atoms with van der Waals surface area (Å²) < 4.78 is 0. The highest BCUT2D eigenvalue weighted by molar-refractivity contribution is 8.00. The maximum atomic E-state index is 11.5. The van der Waals surface area contributed by atoms with E-state index in [1.54, 1.807) is 24.3 Å². The van der Waals surface area contributed by atoms with E-state index in [4.69, 9.17) is 10.8 Å². The van der Waals surface area contributed by atoms with Gasteiger partial charge in [-0.05, 0) is 18.2 Å². The Kier molecular flexibility index (Phi) is 5.68. The quantitative estimate of drug-likeness (QED) is 0.619. The van der Waals surface area contributed by atoms with Gasteiger partial charge in [0.05, 0.1) is 11.5 Å². The second-order valence-electron chi connectivity index (χ2n) is 3.50. The molecule has 0 aliphatic rings. The van der Waals surface area contributed by atoms with Gasteiger partial charge in [-0.2, -0.15) is 0 Å². The molecule has 0 bridgehead atoms. The molecule has 0 atom stereocenters. The van der Waals surface area contributed by atoms with Crippen LogP contribution in [0.25, 0.3) is 0 Å². The number of rotatable bonds is 6. The number of primary amides is 1. The van der Waals surface area contributed by atoms with Crippen LogP contribution in [0.3, 0.4) is 0 Å². The minimum absolute atomic E-state index is 0.0414. The van der Waals surface area contributed by atoms with Gasteiger partial charge in [0.2, 0.25) is 5.91 Å². The van der Waals surface area contributed by atoms with E-state index in [9.17, 15) is 14.4 Å². The molecule has 3 amide bonds. The lowest BCUT2D eigenvalue weighted by molar-refractivity contribution is -0.133. The van der Waals surface area contributed by atoms with E-state index >= 15 is 0 Å². The van der Waals surface area contributed by atoms with Gasteiger partial charge in [-0.3, -0.25) is 9.59 Å². The van der Waals surface area contributed by atoms with E-state index < -0.39 is 12.0 Å². The Morgan fingerprint density at radius 1 is 1.16 bits per heavy atom. The third-order valence-electron chi connectivity index (χ3n) is 1.87. The summed E-state index contributed by atoms with van der Waals surface area (Å²) >= 11 is 1.00. The van der Waals surface area contributed by atoms with Crippen molar-refractivity contribution in [1.29, 1.82) is 0 Å². The van der Waals surface area contributed by atoms with Crippen LogP contribution in [0.4, 0.5) is 16.2 Å². The first kappa shape index (κ1) is 14.8. The van der Waals surface area contributed by atoms with Crippen molar-refractivity contribution < 1.29 is 19.5 Å². The highest BCUT2D eigenvalue weighted by Gasteiger charge is 2.05. The molecule has 0 fully saturated rings. The van der Waals surface area contributed by atoms with Crippen molar-refractivity contribution in [1.82, 2.24) is 0 Å². The molecule has 0 aliphatic heterocycles. The van der Waals surface area contributed by atoms with Crippen LogP contribution in [0.2, 0.25) is 0 Å². The van der Waals surface area contributed by atoms with Gasteiger partial charge < -0.3 is 21.5 Å². The van der Waals surface area contributed by atoms with Crippen molar-refractivity contribution in [2.45, 2.75) is 0 Å². The summed E-state index contributed by atoms with van der Waals surface area (Å²) in [5, 5.41) is 13.4. The Hall–Kier alpha value is -2.22. The number of amides is 3. The minimum Gasteiger partial charge on any atom is -0.481 e. The number of carboxylic acid groups (broad SMARTS) is 1. The average molecular weight is 283 g/mol. The van der Waals surface area contributed by atoms with Crippen molar-refractivity contribution in [3.63, 3.8) is 0 Å². The van der Waals surface area contributed by atoms with Gasteiger partial charge in [0, 0.05) is 11.4 Å². The number of urea groups is 1. The molecule has 102 valence electrons. The normalized spacial score (nSPS) is 9.68.